The summed E-state index contributed by atoms with van der Waals surface area (Å²) in [6, 6.07) is 0. The van der Waals surface area contributed by atoms with Gasteiger partial charge in [-0.2, -0.15) is 0 Å². The molecular formula is C10H13BrIN3. The molecule has 1 saturated heterocycles. The van der Waals surface area contributed by atoms with Gasteiger partial charge < -0.3 is 4.90 Å². The third kappa shape index (κ3) is 2.81. The van der Waals surface area contributed by atoms with E-state index in [2.05, 4.69) is 53.4 Å². The SMILES string of the molecule is BrCCC1CCN(c2ncncc2I)C1. The molecule has 1 unspecified atom stereocenters. The van der Waals surface area contributed by atoms with Crippen molar-refractivity contribution in [3.05, 3.63) is 16.1 Å². The number of anilines is 1. The molecule has 0 N–H and O–H groups in total. The fraction of sp³-hybridized carbons (Fsp3) is 0.600. The van der Waals surface area contributed by atoms with Crippen LogP contribution in [0.2, 0.25) is 0 Å². The first kappa shape index (κ1) is 11.6. The molecule has 0 bridgehead atoms. The van der Waals surface area contributed by atoms with Crippen LogP contribution in [0.15, 0.2) is 12.5 Å². The van der Waals surface area contributed by atoms with Crippen molar-refractivity contribution in [2.24, 2.45) is 5.92 Å². The Morgan fingerprint density at radius 3 is 3.20 bits per heavy atom. The monoisotopic (exact) mass is 381 g/mol. The first-order valence-electron chi connectivity index (χ1n) is 5.07. The second-order valence-corrected chi connectivity index (χ2v) is 5.73. The summed E-state index contributed by atoms with van der Waals surface area (Å²) in [7, 11) is 0. The minimum atomic E-state index is 0.815. The number of rotatable bonds is 3. The number of aromatic nitrogens is 2. The molecule has 1 aromatic rings. The van der Waals surface area contributed by atoms with Crippen LogP contribution in [0.25, 0.3) is 0 Å². The summed E-state index contributed by atoms with van der Waals surface area (Å²) < 4.78 is 1.15. The number of alkyl halides is 1. The summed E-state index contributed by atoms with van der Waals surface area (Å²) >= 11 is 5.81. The van der Waals surface area contributed by atoms with E-state index < -0.39 is 0 Å². The lowest BCUT2D eigenvalue weighted by atomic mass is 10.1. The second-order valence-electron chi connectivity index (χ2n) is 3.77. The first-order chi connectivity index (χ1) is 7.31. The van der Waals surface area contributed by atoms with Gasteiger partial charge in [-0.3, -0.25) is 0 Å². The molecule has 5 heteroatoms. The number of hydrogen-bond donors (Lipinski definition) is 0. The molecule has 15 heavy (non-hydrogen) atoms. The zero-order chi connectivity index (χ0) is 10.7. The largest absolute Gasteiger partial charge is 0.355 e. The van der Waals surface area contributed by atoms with Crippen LogP contribution < -0.4 is 4.90 Å². The standard InChI is InChI=1S/C10H13BrIN3/c11-3-1-8-2-4-15(6-8)10-9(12)5-13-7-14-10/h5,7-8H,1-4,6H2. The van der Waals surface area contributed by atoms with Crippen LogP contribution in [0, 0.1) is 9.49 Å². The van der Waals surface area contributed by atoms with E-state index in [9.17, 15) is 0 Å². The minimum Gasteiger partial charge on any atom is -0.355 e. The second kappa shape index (κ2) is 5.43. The van der Waals surface area contributed by atoms with Crippen molar-refractivity contribution in [2.45, 2.75) is 12.8 Å². The topological polar surface area (TPSA) is 29.0 Å². The molecule has 3 nitrogen and oxygen atoms in total. The molecule has 0 saturated carbocycles. The highest BCUT2D eigenvalue weighted by Gasteiger charge is 2.23. The molecule has 0 radical (unpaired) electrons. The maximum absolute atomic E-state index is 4.35. The molecule has 2 heterocycles. The van der Waals surface area contributed by atoms with Crippen molar-refractivity contribution in [3.8, 4) is 0 Å². The van der Waals surface area contributed by atoms with Crippen molar-refractivity contribution < 1.29 is 0 Å². The highest BCUT2D eigenvalue weighted by Crippen LogP contribution is 2.27. The summed E-state index contributed by atoms with van der Waals surface area (Å²) in [4.78, 5) is 10.7. The van der Waals surface area contributed by atoms with E-state index in [0.717, 1.165) is 33.7 Å². The van der Waals surface area contributed by atoms with Crippen molar-refractivity contribution in [1.29, 1.82) is 0 Å². The highest BCUT2D eigenvalue weighted by molar-refractivity contribution is 14.1. The molecule has 1 aliphatic heterocycles. The van der Waals surface area contributed by atoms with Crippen LogP contribution in [-0.2, 0) is 0 Å². The molecule has 82 valence electrons. The maximum atomic E-state index is 4.35. The fourth-order valence-electron chi connectivity index (χ4n) is 1.95. The van der Waals surface area contributed by atoms with Crippen molar-refractivity contribution in [3.63, 3.8) is 0 Å². The Labute approximate surface area is 112 Å². The van der Waals surface area contributed by atoms with E-state index in [1.54, 1.807) is 6.33 Å². The lowest BCUT2D eigenvalue weighted by Crippen LogP contribution is -2.22. The fourth-order valence-corrected chi connectivity index (χ4v) is 3.24. The van der Waals surface area contributed by atoms with Gasteiger partial charge in [0.2, 0.25) is 0 Å². The minimum absolute atomic E-state index is 0.815. The van der Waals surface area contributed by atoms with Gasteiger partial charge in [-0.1, -0.05) is 15.9 Å². The van der Waals surface area contributed by atoms with Crippen molar-refractivity contribution in [1.82, 2.24) is 9.97 Å². The molecular weight excluding hydrogens is 369 g/mol. The van der Waals surface area contributed by atoms with Gasteiger partial charge in [-0.05, 0) is 41.4 Å². The van der Waals surface area contributed by atoms with E-state index in [-0.39, 0.29) is 0 Å². The molecule has 2 rings (SSSR count). The zero-order valence-corrected chi connectivity index (χ0v) is 12.1. The summed E-state index contributed by atoms with van der Waals surface area (Å²) in [6.45, 7) is 2.27. The third-order valence-corrected chi connectivity index (χ3v) is 3.97. The highest BCUT2D eigenvalue weighted by atomic mass is 127. The van der Waals surface area contributed by atoms with Crippen LogP contribution in [0.1, 0.15) is 12.8 Å². The third-order valence-electron chi connectivity index (χ3n) is 2.75. The molecule has 0 aliphatic carbocycles. The molecule has 1 fully saturated rings. The predicted octanol–water partition coefficient (Wildman–Crippen LogP) is 2.69. The molecule has 1 aromatic heterocycles. The Morgan fingerprint density at radius 1 is 1.60 bits per heavy atom. The summed E-state index contributed by atoms with van der Waals surface area (Å²) in [6.07, 6.45) is 6.06. The molecule has 1 aliphatic rings. The van der Waals surface area contributed by atoms with E-state index in [1.807, 2.05) is 6.20 Å². The Kier molecular flexibility index (Phi) is 4.19. The van der Waals surface area contributed by atoms with E-state index in [0.29, 0.717) is 0 Å². The lowest BCUT2D eigenvalue weighted by Gasteiger charge is -2.18. The lowest BCUT2D eigenvalue weighted by molar-refractivity contribution is 0.575. The first-order valence-corrected chi connectivity index (χ1v) is 7.27. The molecule has 0 spiro atoms. The van der Waals surface area contributed by atoms with Gasteiger partial charge in [0, 0.05) is 24.6 Å². The number of halogens is 2. The van der Waals surface area contributed by atoms with Crippen LogP contribution in [0.3, 0.4) is 0 Å². The Morgan fingerprint density at radius 2 is 2.47 bits per heavy atom. The Balaban J connectivity index is 2.04. The zero-order valence-electron chi connectivity index (χ0n) is 8.37. The van der Waals surface area contributed by atoms with Crippen molar-refractivity contribution >= 4 is 44.3 Å². The Bertz CT molecular complexity index is 334. The van der Waals surface area contributed by atoms with Gasteiger partial charge in [0.25, 0.3) is 0 Å². The average molecular weight is 382 g/mol. The molecule has 1 atom stereocenters. The van der Waals surface area contributed by atoms with Gasteiger partial charge in [0.05, 0.1) is 3.57 Å². The van der Waals surface area contributed by atoms with Gasteiger partial charge in [0.1, 0.15) is 12.1 Å². The smallest absolute Gasteiger partial charge is 0.145 e. The summed E-state index contributed by atoms with van der Waals surface area (Å²) in [5.74, 6) is 1.91. The van der Waals surface area contributed by atoms with Gasteiger partial charge >= 0.3 is 0 Å². The van der Waals surface area contributed by atoms with Gasteiger partial charge in [-0.15, -0.1) is 0 Å². The van der Waals surface area contributed by atoms with E-state index >= 15 is 0 Å². The Hall–Kier alpha value is 0.0900. The maximum Gasteiger partial charge on any atom is 0.145 e. The van der Waals surface area contributed by atoms with Crippen LogP contribution >= 0.6 is 38.5 Å². The number of hydrogen-bond acceptors (Lipinski definition) is 3. The summed E-state index contributed by atoms with van der Waals surface area (Å²) in [5, 5.41) is 1.10. The van der Waals surface area contributed by atoms with Crippen LogP contribution in [0.4, 0.5) is 5.82 Å². The van der Waals surface area contributed by atoms with E-state index in [4.69, 9.17) is 0 Å². The predicted molar refractivity (Wildman–Crippen MR) is 73.5 cm³/mol. The van der Waals surface area contributed by atoms with Gasteiger partial charge in [-0.25, -0.2) is 9.97 Å². The molecule has 0 aromatic carbocycles. The van der Waals surface area contributed by atoms with Crippen LogP contribution in [-0.4, -0.2) is 28.4 Å². The quantitative estimate of drug-likeness (QED) is 0.595. The molecule has 0 amide bonds. The van der Waals surface area contributed by atoms with Crippen molar-refractivity contribution in [2.75, 3.05) is 23.3 Å². The average Bonchev–Trinajstić information content (AvgIpc) is 2.68. The number of nitrogens with zero attached hydrogens (tertiary/aromatic N) is 3. The normalized spacial score (nSPS) is 20.9. The van der Waals surface area contributed by atoms with E-state index in [1.165, 1.54) is 12.8 Å². The van der Waals surface area contributed by atoms with Crippen LogP contribution in [0.5, 0.6) is 0 Å². The summed E-state index contributed by atoms with van der Waals surface area (Å²) in [5.41, 5.74) is 0. The van der Waals surface area contributed by atoms with Gasteiger partial charge in [0.15, 0.2) is 0 Å².